The highest BCUT2D eigenvalue weighted by atomic mass is 15.1. The summed E-state index contributed by atoms with van der Waals surface area (Å²) in [6, 6.07) is 94.2. The van der Waals surface area contributed by atoms with Crippen LogP contribution in [0.2, 0.25) is 0 Å². The average Bonchev–Trinajstić information content (AvgIpc) is 3.94. The van der Waals surface area contributed by atoms with Gasteiger partial charge < -0.3 is 14.0 Å². The predicted octanol–water partition coefficient (Wildman–Crippen LogP) is 17.4. The Morgan fingerprint density at radius 1 is 0.261 bits per heavy atom. The molecule has 0 aliphatic heterocycles. The summed E-state index contributed by atoms with van der Waals surface area (Å²) in [4.78, 5) is 6.92. The molecule has 13 aromatic rings. The molecule has 0 spiro atoms. The molecule has 0 N–H and O–H groups in total. The third kappa shape index (κ3) is 7.14. The second-order valence-electron chi connectivity index (χ2n) is 17.6. The van der Waals surface area contributed by atoms with Crippen molar-refractivity contribution in [3.63, 3.8) is 0 Å². The molecule has 0 amide bonds. The lowest BCUT2D eigenvalue weighted by Gasteiger charge is -2.25. The van der Waals surface area contributed by atoms with Gasteiger partial charge in [-0.2, -0.15) is 0 Å². The minimum atomic E-state index is 0.965. The molecule has 0 aliphatic rings. The monoisotopic (exact) mass is 880 g/mol. The first-order chi connectivity index (χ1) is 34.2. The van der Waals surface area contributed by atoms with E-state index in [0.717, 1.165) is 50.7 Å². The van der Waals surface area contributed by atoms with Gasteiger partial charge in [-0.05, 0) is 155 Å². The first kappa shape index (κ1) is 40.1. The van der Waals surface area contributed by atoms with Crippen LogP contribution in [0, 0.1) is 0 Å². The van der Waals surface area contributed by atoms with Crippen molar-refractivity contribution < 1.29 is 0 Å². The van der Waals surface area contributed by atoms with Crippen molar-refractivity contribution in [2.24, 2.45) is 0 Å². The van der Waals surface area contributed by atoms with Crippen LogP contribution in [-0.2, 0) is 0 Å². The molecule has 4 heteroatoms. The lowest BCUT2D eigenvalue weighted by molar-refractivity contribution is 1.17. The van der Waals surface area contributed by atoms with E-state index in [1.807, 2.05) is 18.3 Å². The summed E-state index contributed by atoms with van der Waals surface area (Å²) in [5.41, 5.74) is 19.4. The van der Waals surface area contributed by atoms with Gasteiger partial charge in [0.25, 0.3) is 0 Å². The molecule has 0 radical (unpaired) electrons. The van der Waals surface area contributed by atoms with E-state index >= 15 is 0 Å². The van der Waals surface area contributed by atoms with Crippen molar-refractivity contribution in [2.75, 3.05) is 4.90 Å². The Balaban J connectivity index is 0.963. The number of nitrogens with zero attached hydrogens (tertiary/aromatic N) is 4. The summed E-state index contributed by atoms with van der Waals surface area (Å²) in [5, 5.41) is 4.85. The maximum Gasteiger partial charge on any atom is 0.0701 e. The van der Waals surface area contributed by atoms with Crippen LogP contribution in [0.15, 0.2) is 267 Å². The SMILES string of the molecule is c1ccc(-c2ccc3c(c2)c2cc(-c4ccc5c(c4)c4cc(-c6ccccc6)ccc4n5-c4ccc(N(c5ccccc5)c5ccccc5)cc4)ccc2n3-c2ccc(-c3ccccn3)cc2)cc1. The zero-order valence-electron chi connectivity index (χ0n) is 37.7. The fourth-order valence-corrected chi connectivity index (χ4v) is 10.2. The molecule has 13 rings (SSSR count). The third-order valence-corrected chi connectivity index (χ3v) is 13.6. The fraction of sp³-hybridized carbons (Fsp3) is 0. The summed E-state index contributed by atoms with van der Waals surface area (Å²) in [7, 11) is 0. The zero-order valence-corrected chi connectivity index (χ0v) is 37.7. The van der Waals surface area contributed by atoms with Crippen molar-refractivity contribution in [1.29, 1.82) is 0 Å². The summed E-state index contributed by atoms with van der Waals surface area (Å²) in [6.45, 7) is 0. The topological polar surface area (TPSA) is 26.0 Å². The van der Waals surface area contributed by atoms with Gasteiger partial charge in [0.1, 0.15) is 0 Å². The van der Waals surface area contributed by atoms with Gasteiger partial charge in [0.2, 0.25) is 0 Å². The van der Waals surface area contributed by atoms with E-state index in [1.54, 1.807) is 0 Å². The normalized spacial score (nSPS) is 11.5. The quantitative estimate of drug-likeness (QED) is 0.144. The average molecular weight is 881 g/mol. The number of benzene rings is 10. The van der Waals surface area contributed by atoms with Crippen LogP contribution in [0.25, 0.3) is 99.6 Å². The molecule has 3 heterocycles. The highest BCUT2D eigenvalue weighted by Crippen LogP contribution is 2.42. The second kappa shape index (κ2) is 16.9. The molecule has 3 aromatic heterocycles. The van der Waals surface area contributed by atoms with E-state index in [9.17, 15) is 0 Å². The van der Waals surface area contributed by atoms with Crippen LogP contribution in [0.1, 0.15) is 0 Å². The van der Waals surface area contributed by atoms with Crippen LogP contribution >= 0.6 is 0 Å². The van der Waals surface area contributed by atoms with Crippen LogP contribution in [0.5, 0.6) is 0 Å². The maximum absolute atomic E-state index is 4.61. The Bertz CT molecular complexity index is 3910. The fourth-order valence-electron chi connectivity index (χ4n) is 10.2. The lowest BCUT2D eigenvalue weighted by atomic mass is 9.98. The number of hydrogen-bond donors (Lipinski definition) is 0. The van der Waals surface area contributed by atoms with Gasteiger partial charge in [0.05, 0.1) is 27.8 Å². The number of para-hydroxylation sites is 2. The summed E-state index contributed by atoms with van der Waals surface area (Å²) >= 11 is 0. The van der Waals surface area contributed by atoms with E-state index in [2.05, 4.69) is 268 Å². The lowest BCUT2D eigenvalue weighted by Crippen LogP contribution is -2.09. The minimum Gasteiger partial charge on any atom is -0.311 e. The molecule has 0 unspecified atom stereocenters. The van der Waals surface area contributed by atoms with E-state index in [1.165, 1.54) is 66.0 Å². The van der Waals surface area contributed by atoms with Crippen molar-refractivity contribution in [3.05, 3.63) is 267 Å². The van der Waals surface area contributed by atoms with Gasteiger partial charge in [-0.25, -0.2) is 0 Å². The number of anilines is 3. The first-order valence-electron chi connectivity index (χ1n) is 23.5. The third-order valence-electron chi connectivity index (χ3n) is 13.6. The van der Waals surface area contributed by atoms with E-state index in [0.29, 0.717) is 0 Å². The van der Waals surface area contributed by atoms with Crippen molar-refractivity contribution in [3.8, 4) is 56.0 Å². The molecule has 69 heavy (non-hydrogen) atoms. The second-order valence-corrected chi connectivity index (χ2v) is 17.6. The van der Waals surface area contributed by atoms with Gasteiger partial charge >= 0.3 is 0 Å². The van der Waals surface area contributed by atoms with Gasteiger partial charge in [-0.15, -0.1) is 0 Å². The first-order valence-corrected chi connectivity index (χ1v) is 23.5. The van der Waals surface area contributed by atoms with Gasteiger partial charge in [-0.3, -0.25) is 4.98 Å². The number of rotatable bonds is 9. The van der Waals surface area contributed by atoms with Crippen molar-refractivity contribution in [1.82, 2.24) is 14.1 Å². The Hall–Kier alpha value is -9.25. The standard InChI is InChI=1S/C65H44N4/c1-5-15-45(16-6-1)48-26-36-62-57(41-48)59-43-50(28-38-64(59)68(62)55-30-24-47(25-31-55)61-23-13-14-40-66-61)51-29-39-65-60(44-51)58-42-49(46-17-7-2-8-18-46)27-37-63(58)69(65)56-34-32-54(33-35-56)67(52-19-9-3-10-20-52)53-21-11-4-12-22-53/h1-44H. The Morgan fingerprint density at radius 3 is 0.986 bits per heavy atom. The largest absolute Gasteiger partial charge is 0.311 e. The molecule has 0 fully saturated rings. The summed E-state index contributed by atoms with van der Waals surface area (Å²) in [5.74, 6) is 0. The number of hydrogen-bond acceptors (Lipinski definition) is 2. The molecule has 0 bridgehead atoms. The Morgan fingerprint density at radius 2 is 0.594 bits per heavy atom. The van der Waals surface area contributed by atoms with E-state index in [-0.39, 0.29) is 0 Å². The zero-order chi connectivity index (χ0) is 45.7. The molecule has 0 saturated heterocycles. The van der Waals surface area contributed by atoms with E-state index in [4.69, 9.17) is 0 Å². The van der Waals surface area contributed by atoms with Crippen molar-refractivity contribution in [2.45, 2.75) is 0 Å². The maximum atomic E-state index is 4.61. The number of fused-ring (bicyclic) bond motifs is 6. The van der Waals surface area contributed by atoms with Crippen LogP contribution in [-0.4, -0.2) is 14.1 Å². The minimum absolute atomic E-state index is 0.965. The van der Waals surface area contributed by atoms with Gasteiger partial charge in [-0.1, -0.05) is 140 Å². The van der Waals surface area contributed by atoms with Crippen molar-refractivity contribution >= 4 is 60.7 Å². The summed E-state index contributed by atoms with van der Waals surface area (Å²) < 4.78 is 4.82. The molecule has 0 atom stereocenters. The highest BCUT2D eigenvalue weighted by molar-refractivity contribution is 6.14. The molecular formula is C65H44N4. The van der Waals surface area contributed by atoms with E-state index < -0.39 is 0 Å². The van der Waals surface area contributed by atoms with Crippen LogP contribution < -0.4 is 4.90 Å². The molecular weight excluding hydrogens is 837 g/mol. The molecule has 0 aliphatic carbocycles. The molecule has 4 nitrogen and oxygen atoms in total. The van der Waals surface area contributed by atoms with Gasteiger partial charge in [0, 0.05) is 61.7 Å². The summed E-state index contributed by atoms with van der Waals surface area (Å²) in [6.07, 6.45) is 1.85. The Kier molecular flexibility index (Phi) is 9.80. The highest BCUT2D eigenvalue weighted by Gasteiger charge is 2.19. The smallest absolute Gasteiger partial charge is 0.0701 e. The number of aromatic nitrogens is 3. The predicted molar refractivity (Wildman–Crippen MR) is 289 cm³/mol. The molecule has 324 valence electrons. The molecule has 0 saturated carbocycles. The Labute approximate surface area is 400 Å². The number of pyridine rings is 1. The van der Waals surface area contributed by atoms with Crippen LogP contribution in [0.4, 0.5) is 17.1 Å². The van der Waals surface area contributed by atoms with Crippen LogP contribution in [0.3, 0.4) is 0 Å². The molecule has 10 aromatic carbocycles. The van der Waals surface area contributed by atoms with Gasteiger partial charge in [0.15, 0.2) is 0 Å².